The Morgan fingerprint density at radius 3 is 2.61 bits per heavy atom. The Balaban J connectivity index is 2.34. The van der Waals surface area contributed by atoms with E-state index in [4.69, 9.17) is 0 Å². The van der Waals surface area contributed by atoms with E-state index in [1.54, 1.807) is 19.1 Å². The number of nitrogens with one attached hydrogen (secondary N) is 1. The van der Waals surface area contributed by atoms with Gasteiger partial charge in [0.2, 0.25) is 0 Å². The normalized spacial score (nSPS) is 9.61. The first-order valence-electron chi connectivity index (χ1n) is 5.62. The fourth-order valence-electron chi connectivity index (χ4n) is 1.72. The Bertz CT molecular complexity index is 650. The quantitative estimate of drug-likeness (QED) is 0.790. The lowest BCUT2D eigenvalue weighted by atomic mass is 10.1. The standard InChI is InChI=1S/C15H13NO2/c1-2-3-8-16-15(18)13-9-11-6-4-5-7-12(11)10-14(13)17/h4-7,9-10,17H,8H2,1H3,(H,16,18). The molecule has 0 fully saturated rings. The second-order valence-electron chi connectivity index (χ2n) is 3.83. The van der Waals surface area contributed by atoms with Gasteiger partial charge in [0.05, 0.1) is 12.1 Å². The molecule has 0 aromatic heterocycles. The van der Waals surface area contributed by atoms with Gasteiger partial charge in [0.25, 0.3) is 5.91 Å². The number of benzene rings is 2. The van der Waals surface area contributed by atoms with Crippen molar-refractivity contribution in [2.45, 2.75) is 6.92 Å². The van der Waals surface area contributed by atoms with Crippen LogP contribution in [0.3, 0.4) is 0 Å². The molecule has 0 aliphatic rings. The van der Waals surface area contributed by atoms with Crippen LogP contribution in [0.4, 0.5) is 0 Å². The topological polar surface area (TPSA) is 49.3 Å². The summed E-state index contributed by atoms with van der Waals surface area (Å²) in [6.07, 6.45) is 0. The van der Waals surface area contributed by atoms with Crippen molar-refractivity contribution < 1.29 is 9.90 Å². The van der Waals surface area contributed by atoms with Gasteiger partial charge in [-0.05, 0) is 29.8 Å². The number of hydrogen-bond acceptors (Lipinski definition) is 2. The number of hydrogen-bond donors (Lipinski definition) is 2. The predicted molar refractivity (Wildman–Crippen MR) is 71.4 cm³/mol. The number of amides is 1. The number of phenols is 1. The van der Waals surface area contributed by atoms with Gasteiger partial charge in [-0.15, -0.1) is 5.92 Å². The van der Waals surface area contributed by atoms with Gasteiger partial charge in [-0.3, -0.25) is 4.79 Å². The van der Waals surface area contributed by atoms with Crippen LogP contribution in [0.5, 0.6) is 5.75 Å². The maximum Gasteiger partial charge on any atom is 0.255 e. The number of aromatic hydroxyl groups is 1. The molecule has 2 aromatic carbocycles. The van der Waals surface area contributed by atoms with Gasteiger partial charge < -0.3 is 10.4 Å². The highest BCUT2D eigenvalue weighted by Crippen LogP contribution is 2.24. The van der Waals surface area contributed by atoms with Crippen LogP contribution in [-0.2, 0) is 0 Å². The van der Waals surface area contributed by atoms with Crippen molar-refractivity contribution in [1.82, 2.24) is 5.32 Å². The smallest absolute Gasteiger partial charge is 0.255 e. The second kappa shape index (κ2) is 5.24. The third-order valence-electron chi connectivity index (χ3n) is 2.62. The summed E-state index contributed by atoms with van der Waals surface area (Å²) in [7, 11) is 0. The molecule has 0 unspecified atom stereocenters. The Morgan fingerprint density at radius 2 is 1.94 bits per heavy atom. The van der Waals surface area contributed by atoms with Gasteiger partial charge in [0.1, 0.15) is 5.75 Å². The van der Waals surface area contributed by atoms with Crippen molar-refractivity contribution in [2.24, 2.45) is 0 Å². The van der Waals surface area contributed by atoms with Crippen LogP contribution in [0, 0.1) is 11.8 Å². The first kappa shape index (κ1) is 12.0. The highest BCUT2D eigenvalue weighted by molar-refractivity contribution is 6.01. The van der Waals surface area contributed by atoms with Crippen LogP contribution in [0.2, 0.25) is 0 Å². The molecular weight excluding hydrogens is 226 g/mol. The molecule has 2 aromatic rings. The minimum Gasteiger partial charge on any atom is -0.507 e. The molecule has 0 saturated heterocycles. The Hall–Kier alpha value is -2.47. The van der Waals surface area contributed by atoms with Gasteiger partial charge in [-0.25, -0.2) is 0 Å². The molecule has 0 bridgehead atoms. The highest BCUT2D eigenvalue weighted by atomic mass is 16.3. The summed E-state index contributed by atoms with van der Waals surface area (Å²) in [6.45, 7) is 1.99. The van der Waals surface area contributed by atoms with Gasteiger partial charge in [0, 0.05) is 0 Å². The summed E-state index contributed by atoms with van der Waals surface area (Å²) in [4.78, 5) is 11.8. The van der Waals surface area contributed by atoms with Crippen molar-refractivity contribution in [3.63, 3.8) is 0 Å². The van der Waals surface area contributed by atoms with Crippen molar-refractivity contribution in [3.8, 4) is 17.6 Å². The summed E-state index contributed by atoms with van der Waals surface area (Å²) in [5, 5.41) is 14.3. The molecule has 1 amide bonds. The zero-order valence-corrected chi connectivity index (χ0v) is 10.0. The summed E-state index contributed by atoms with van der Waals surface area (Å²) in [5.74, 6) is 5.10. The summed E-state index contributed by atoms with van der Waals surface area (Å²) >= 11 is 0. The van der Waals surface area contributed by atoms with E-state index in [1.807, 2.05) is 24.3 Å². The van der Waals surface area contributed by atoms with Gasteiger partial charge in [-0.1, -0.05) is 30.2 Å². The van der Waals surface area contributed by atoms with E-state index in [9.17, 15) is 9.90 Å². The molecule has 0 atom stereocenters. The molecule has 90 valence electrons. The summed E-state index contributed by atoms with van der Waals surface area (Å²) in [5.41, 5.74) is 0.270. The summed E-state index contributed by atoms with van der Waals surface area (Å²) < 4.78 is 0. The van der Waals surface area contributed by atoms with E-state index in [1.165, 1.54) is 0 Å². The van der Waals surface area contributed by atoms with Gasteiger partial charge in [0.15, 0.2) is 0 Å². The SMILES string of the molecule is CC#CCNC(=O)c1cc2ccccc2cc1O. The van der Waals surface area contributed by atoms with Crippen LogP contribution in [0.15, 0.2) is 36.4 Å². The molecule has 18 heavy (non-hydrogen) atoms. The minimum atomic E-state index is -0.319. The van der Waals surface area contributed by atoms with Crippen molar-refractivity contribution >= 4 is 16.7 Å². The van der Waals surface area contributed by atoms with Crippen LogP contribution < -0.4 is 5.32 Å². The zero-order chi connectivity index (χ0) is 13.0. The van der Waals surface area contributed by atoms with Crippen LogP contribution in [0.1, 0.15) is 17.3 Å². The Kier molecular flexibility index (Phi) is 3.49. The number of phenolic OH excluding ortho intramolecular Hbond substituents is 1. The first-order chi connectivity index (χ1) is 8.72. The maximum absolute atomic E-state index is 11.8. The second-order valence-corrected chi connectivity index (χ2v) is 3.83. The predicted octanol–water partition coefficient (Wildman–Crippen LogP) is 2.30. The lowest BCUT2D eigenvalue weighted by Gasteiger charge is -2.06. The lowest BCUT2D eigenvalue weighted by molar-refractivity contribution is 0.0956. The maximum atomic E-state index is 11.8. The largest absolute Gasteiger partial charge is 0.507 e. The molecule has 0 aliphatic heterocycles. The Labute approximate surface area is 105 Å². The molecule has 3 nitrogen and oxygen atoms in total. The fourth-order valence-corrected chi connectivity index (χ4v) is 1.72. The van der Waals surface area contributed by atoms with E-state index >= 15 is 0 Å². The first-order valence-corrected chi connectivity index (χ1v) is 5.62. The molecular formula is C15H13NO2. The van der Waals surface area contributed by atoms with Crippen molar-refractivity contribution in [1.29, 1.82) is 0 Å². The van der Waals surface area contributed by atoms with Gasteiger partial charge >= 0.3 is 0 Å². The molecule has 0 aliphatic carbocycles. The van der Waals surface area contributed by atoms with Crippen molar-refractivity contribution in [3.05, 3.63) is 42.0 Å². The average Bonchev–Trinajstić information content (AvgIpc) is 2.38. The van der Waals surface area contributed by atoms with Crippen molar-refractivity contribution in [2.75, 3.05) is 6.54 Å². The number of carbonyl (C=O) groups is 1. The lowest BCUT2D eigenvalue weighted by Crippen LogP contribution is -2.23. The Morgan fingerprint density at radius 1 is 1.28 bits per heavy atom. The third kappa shape index (κ3) is 2.44. The van der Waals surface area contributed by atoms with Crippen LogP contribution in [0.25, 0.3) is 10.8 Å². The zero-order valence-electron chi connectivity index (χ0n) is 10.0. The molecule has 0 radical (unpaired) electrons. The van der Waals surface area contributed by atoms with E-state index in [0.717, 1.165) is 10.8 Å². The molecule has 0 saturated carbocycles. The van der Waals surface area contributed by atoms with Crippen LogP contribution in [-0.4, -0.2) is 17.6 Å². The molecule has 2 rings (SSSR count). The molecule has 3 heteroatoms. The monoisotopic (exact) mass is 239 g/mol. The number of fused-ring (bicyclic) bond motifs is 1. The van der Waals surface area contributed by atoms with Gasteiger partial charge in [-0.2, -0.15) is 0 Å². The number of rotatable bonds is 2. The van der Waals surface area contributed by atoms with E-state index in [-0.39, 0.29) is 23.8 Å². The molecule has 2 N–H and O–H groups in total. The average molecular weight is 239 g/mol. The minimum absolute atomic E-state index is 0.0179. The fraction of sp³-hybridized carbons (Fsp3) is 0.133. The van der Waals surface area contributed by atoms with Crippen LogP contribution >= 0.6 is 0 Å². The molecule has 0 heterocycles. The van der Waals surface area contributed by atoms with E-state index in [0.29, 0.717) is 0 Å². The highest BCUT2D eigenvalue weighted by Gasteiger charge is 2.11. The summed E-state index contributed by atoms with van der Waals surface area (Å²) in [6, 6.07) is 10.8. The molecule has 0 spiro atoms. The third-order valence-corrected chi connectivity index (χ3v) is 2.62. The number of carbonyl (C=O) groups excluding carboxylic acids is 1. The van der Waals surface area contributed by atoms with E-state index < -0.39 is 0 Å². The van der Waals surface area contributed by atoms with E-state index in [2.05, 4.69) is 17.2 Å².